The van der Waals surface area contributed by atoms with E-state index in [4.69, 9.17) is 4.84 Å². The van der Waals surface area contributed by atoms with Crippen LogP contribution in [0.1, 0.15) is 44.6 Å². The third-order valence-electron chi connectivity index (χ3n) is 3.60. The summed E-state index contributed by atoms with van der Waals surface area (Å²) in [6.45, 7) is 1.39. The molecule has 0 atom stereocenters. The SMILES string of the molecule is CC(=O)ON=C(Cc1ccccc1)C1CCCCC1. The molecule has 2 rings (SSSR count). The summed E-state index contributed by atoms with van der Waals surface area (Å²) in [4.78, 5) is 15.8. The average Bonchev–Trinajstić information content (AvgIpc) is 2.45. The predicted molar refractivity (Wildman–Crippen MR) is 75.9 cm³/mol. The van der Waals surface area contributed by atoms with Crippen molar-refractivity contribution in [3.8, 4) is 0 Å². The van der Waals surface area contributed by atoms with Gasteiger partial charge < -0.3 is 4.84 Å². The Labute approximate surface area is 114 Å². The first-order valence-corrected chi connectivity index (χ1v) is 7.04. The zero-order chi connectivity index (χ0) is 13.5. The second-order valence-corrected chi connectivity index (χ2v) is 5.16. The lowest BCUT2D eigenvalue weighted by Gasteiger charge is -2.22. The van der Waals surface area contributed by atoms with Crippen molar-refractivity contribution >= 4 is 11.7 Å². The van der Waals surface area contributed by atoms with Crippen LogP contribution in [-0.4, -0.2) is 11.7 Å². The first-order chi connectivity index (χ1) is 9.25. The van der Waals surface area contributed by atoms with Crippen molar-refractivity contribution in [1.29, 1.82) is 0 Å². The highest BCUT2D eigenvalue weighted by molar-refractivity contribution is 5.89. The summed E-state index contributed by atoms with van der Waals surface area (Å²) in [5.74, 6) is 0.120. The number of benzene rings is 1. The summed E-state index contributed by atoms with van der Waals surface area (Å²) in [5.41, 5.74) is 2.24. The van der Waals surface area contributed by atoms with Crippen molar-refractivity contribution in [2.45, 2.75) is 45.4 Å². The molecule has 0 radical (unpaired) electrons. The molecule has 1 aromatic carbocycles. The van der Waals surface area contributed by atoms with Gasteiger partial charge in [-0.1, -0.05) is 54.8 Å². The molecule has 0 N–H and O–H groups in total. The highest BCUT2D eigenvalue weighted by Gasteiger charge is 2.20. The summed E-state index contributed by atoms with van der Waals surface area (Å²) in [6.07, 6.45) is 6.90. The summed E-state index contributed by atoms with van der Waals surface area (Å²) in [5, 5.41) is 4.11. The average molecular weight is 259 g/mol. The highest BCUT2D eigenvalue weighted by atomic mass is 16.7. The molecule has 1 aliphatic carbocycles. The summed E-state index contributed by atoms with van der Waals surface area (Å²) >= 11 is 0. The molecule has 3 nitrogen and oxygen atoms in total. The van der Waals surface area contributed by atoms with Crippen molar-refractivity contribution in [1.82, 2.24) is 0 Å². The Bertz CT molecular complexity index is 433. The van der Waals surface area contributed by atoms with Crippen LogP contribution in [0, 0.1) is 5.92 Å². The van der Waals surface area contributed by atoms with Crippen LogP contribution in [0.15, 0.2) is 35.5 Å². The minimum atomic E-state index is -0.346. The van der Waals surface area contributed by atoms with Crippen molar-refractivity contribution in [2.75, 3.05) is 0 Å². The topological polar surface area (TPSA) is 38.7 Å². The zero-order valence-corrected chi connectivity index (χ0v) is 11.5. The van der Waals surface area contributed by atoms with Gasteiger partial charge in [-0.3, -0.25) is 0 Å². The molecule has 102 valence electrons. The fourth-order valence-corrected chi connectivity index (χ4v) is 2.61. The van der Waals surface area contributed by atoms with E-state index >= 15 is 0 Å². The molecule has 19 heavy (non-hydrogen) atoms. The Kier molecular flexibility index (Phi) is 5.13. The van der Waals surface area contributed by atoms with Crippen molar-refractivity contribution in [3.63, 3.8) is 0 Å². The van der Waals surface area contributed by atoms with E-state index in [2.05, 4.69) is 17.3 Å². The lowest BCUT2D eigenvalue weighted by molar-refractivity contribution is -0.141. The van der Waals surface area contributed by atoms with E-state index in [9.17, 15) is 4.79 Å². The minimum absolute atomic E-state index is 0.346. The lowest BCUT2D eigenvalue weighted by Crippen LogP contribution is -2.21. The van der Waals surface area contributed by atoms with Crippen LogP contribution in [0.5, 0.6) is 0 Å². The van der Waals surface area contributed by atoms with Gasteiger partial charge >= 0.3 is 5.97 Å². The molecule has 0 aromatic heterocycles. The van der Waals surface area contributed by atoms with Gasteiger partial charge in [0.2, 0.25) is 0 Å². The maximum absolute atomic E-state index is 11.0. The van der Waals surface area contributed by atoms with Crippen molar-refractivity contribution in [3.05, 3.63) is 35.9 Å². The fraction of sp³-hybridized carbons (Fsp3) is 0.500. The molecule has 0 heterocycles. The van der Waals surface area contributed by atoms with Gasteiger partial charge in [0, 0.05) is 19.3 Å². The third-order valence-corrected chi connectivity index (χ3v) is 3.60. The van der Waals surface area contributed by atoms with E-state index < -0.39 is 0 Å². The van der Waals surface area contributed by atoms with E-state index in [1.807, 2.05) is 18.2 Å². The first-order valence-electron chi connectivity index (χ1n) is 7.04. The Morgan fingerprint density at radius 1 is 1.21 bits per heavy atom. The fourth-order valence-electron chi connectivity index (χ4n) is 2.61. The summed E-state index contributed by atoms with van der Waals surface area (Å²) < 4.78 is 0. The zero-order valence-electron chi connectivity index (χ0n) is 11.5. The van der Waals surface area contributed by atoms with Gasteiger partial charge in [-0.15, -0.1) is 0 Å². The van der Waals surface area contributed by atoms with E-state index in [0.29, 0.717) is 5.92 Å². The number of carbonyl (C=O) groups excluding carboxylic acids is 1. The molecule has 3 heteroatoms. The van der Waals surface area contributed by atoms with E-state index in [1.54, 1.807) is 0 Å². The van der Waals surface area contributed by atoms with Crippen LogP contribution in [0.25, 0.3) is 0 Å². The second kappa shape index (κ2) is 7.07. The number of nitrogens with zero attached hydrogens (tertiary/aromatic N) is 1. The third kappa shape index (κ3) is 4.51. The number of rotatable bonds is 4. The van der Waals surface area contributed by atoms with Crippen LogP contribution in [0.4, 0.5) is 0 Å². The van der Waals surface area contributed by atoms with E-state index in [1.165, 1.54) is 31.7 Å². The van der Waals surface area contributed by atoms with Crippen LogP contribution < -0.4 is 0 Å². The van der Waals surface area contributed by atoms with Crippen LogP contribution in [0.2, 0.25) is 0 Å². The van der Waals surface area contributed by atoms with Gasteiger partial charge in [-0.25, -0.2) is 4.79 Å². The molecule has 0 aliphatic heterocycles. The summed E-state index contributed by atoms with van der Waals surface area (Å²) in [6, 6.07) is 10.2. The molecule has 0 spiro atoms. The van der Waals surface area contributed by atoms with Gasteiger partial charge in [0.15, 0.2) is 0 Å². The number of hydrogen-bond acceptors (Lipinski definition) is 3. The Hall–Kier alpha value is -1.64. The minimum Gasteiger partial charge on any atom is -0.319 e. The van der Waals surface area contributed by atoms with Gasteiger partial charge in [-0.2, -0.15) is 0 Å². The molecular formula is C16H21NO2. The highest BCUT2D eigenvalue weighted by Crippen LogP contribution is 2.26. The van der Waals surface area contributed by atoms with E-state index in [0.717, 1.165) is 25.0 Å². The molecular weight excluding hydrogens is 238 g/mol. The number of oxime groups is 1. The Morgan fingerprint density at radius 3 is 2.53 bits per heavy atom. The lowest BCUT2D eigenvalue weighted by atomic mass is 9.84. The van der Waals surface area contributed by atoms with Crippen molar-refractivity contribution in [2.24, 2.45) is 11.1 Å². The quantitative estimate of drug-likeness (QED) is 0.469. The maximum Gasteiger partial charge on any atom is 0.331 e. The molecule has 0 bridgehead atoms. The Balaban J connectivity index is 2.09. The maximum atomic E-state index is 11.0. The molecule has 0 saturated heterocycles. The first kappa shape index (κ1) is 13.8. The summed E-state index contributed by atoms with van der Waals surface area (Å²) in [7, 11) is 0. The number of carbonyl (C=O) groups is 1. The molecule has 1 saturated carbocycles. The van der Waals surface area contributed by atoms with Gasteiger partial charge in [0.25, 0.3) is 0 Å². The second-order valence-electron chi connectivity index (χ2n) is 5.16. The largest absolute Gasteiger partial charge is 0.331 e. The van der Waals surface area contributed by atoms with Crippen LogP contribution >= 0.6 is 0 Å². The monoisotopic (exact) mass is 259 g/mol. The van der Waals surface area contributed by atoms with Gasteiger partial charge in [0.05, 0.1) is 5.71 Å². The number of hydrogen-bond donors (Lipinski definition) is 0. The molecule has 1 fully saturated rings. The van der Waals surface area contributed by atoms with Gasteiger partial charge in [-0.05, 0) is 18.4 Å². The van der Waals surface area contributed by atoms with Gasteiger partial charge in [0.1, 0.15) is 0 Å². The predicted octanol–water partition coefficient (Wildman–Crippen LogP) is 3.73. The molecule has 0 amide bonds. The molecule has 1 aliphatic rings. The van der Waals surface area contributed by atoms with E-state index in [-0.39, 0.29) is 5.97 Å². The standard InChI is InChI=1S/C16H21NO2/c1-13(18)19-17-16(15-10-6-3-7-11-15)12-14-8-4-2-5-9-14/h2,4-5,8-9,15H,3,6-7,10-12H2,1H3. The van der Waals surface area contributed by atoms with Crippen LogP contribution in [0.3, 0.4) is 0 Å². The van der Waals surface area contributed by atoms with Crippen LogP contribution in [-0.2, 0) is 16.1 Å². The van der Waals surface area contributed by atoms with Crippen molar-refractivity contribution < 1.29 is 9.63 Å². The smallest absolute Gasteiger partial charge is 0.319 e. The molecule has 1 aromatic rings. The Morgan fingerprint density at radius 2 is 1.89 bits per heavy atom. The molecule has 0 unspecified atom stereocenters. The normalized spacial score (nSPS) is 17.2.